The number of ether oxygens (including phenoxy) is 1. The second-order valence-corrected chi connectivity index (χ2v) is 7.86. The highest BCUT2D eigenvalue weighted by molar-refractivity contribution is 7.98. The van der Waals surface area contributed by atoms with Crippen LogP contribution in [0.1, 0.15) is 5.56 Å². The van der Waals surface area contributed by atoms with E-state index in [0.717, 1.165) is 5.56 Å². The molecule has 0 atom stereocenters. The number of benzene rings is 2. The molecule has 0 saturated heterocycles. The Morgan fingerprint density at radius 2 is 1.87 bits per heavy atom. The minimum Gasteiger partial charge on any atom is -0.437 e. The number of hydrogen-bond acceptors (Lipinski definition) is 7. The molecule has 0 unspecified atom stereocenters. The van der Waals surface area contributed by atoms with Crippen LogP contribution in [0.2, 0.25) is 10.0 Å². The lowest BCUT2D eigenvalue weighted by Gasteiger charge is -2.11. The summed E-state index contributed by atoms with van der Waals surface area (Å²) in [6.07, 6.45) is 1.82. The van der Waals surface area contributed by atoms with E-state index in [-0.39, 0.29) is 17.3 Å². The maximum atomic E-state index is 9.45. The first-order valence-corrected chi connectivity index (χ1v) is 10.9. The van der Waals surface area contributed by atoms with E-state index in [1.165, 1.54) is 16.4 Å². The number of halogens is 2. The Morgan fingerprint density at radius 1 is 1.10 bits per heavy atom. The van der Waals surface area contributed by atoms with Crippen LogP contribution in [0, 0.1) is 11.3 Å². The first kappa shape index (κ1) is 21.0. The van der Waals surface area contributed by atoms with Crippen molar-refractivity contribution in [3.05, 3.63) is 70.2 Å². The third kappa shape index (κ3) is 4.30. The van der Waals surface area contributed by atoms with E-state index in [1.54, 1.807) is 24.3 Å². The van der Waals surface area contributed by atoms with Gasteiger partial charge in [-0.1, -0.05) is 53.5 Å². The molecular weight excluding hydrogens is 455 g/mol. The van der Waals surface area contributed by atoms with Crippen LogP contribution in [-0.4, -0.2) is 26.0 Å². The van der Waals surface area contributed by atoms with Crippen molar-refractivity contribution < 1.29 is 4.74 Å². The van der Waals surface area contributed by atoms with Crippen molar-refractivity contribution in [1.29, 1.82) is 5.26 Å². The largest absolute Gasteiger partial charge is 0.437 e. The van der Waals surface area contributed by atoms with Crippen LogP contribution < -0.4 is 10.5 Å². The molecule has 2 aromatic carbocycles. The van der Waals surface area contributed by atoms with Crippen LogP contribution in [0.15, 0.2) is 59.6 Å². The minimum absolute atomic E-state index is 0.181. The lowest BCUT2D eigenvalue weighted by atomic mass is 10.2. The molecule has 0 spiro atoms. The average molecular weight is 469 g/mol. The summed E-state index contributed by atoms with van der Waals surface area (Å²) in [5.41, 5.74) is 7.24. The first-order valence-electron chi connectivity index (χ1n) is 8.90. The Hall–Kier alpha value is -3.25. The van der Waals surface area contributed by atoms with Gasteiger partial charge in [0.2, 0.25) is 5.88 Å². The number of hydrogen-bond donors (Lipinski definition) is 1. The van der Waals surface area contributed by atoms with Gasteiger partial charge in [0, 0.05) is 16.7 Å². The molecule has 0 radical (unpaired) electrons. The van der Waals surface area contributed by atoms with Crippen molar-refractivity contribution in [3.63, 3.8) is 0 Å². The third-order valence-electron chi connectivity index (χ3n) is 4.24. The maximum absolute atomic E-state index is 9.45. The minimum atomic E-state index is 0.181. The molecule has 0 aliphatic carbocycles. The number of rotatable bonds is 5. The van der Waals surface area contributed by atoms with Crippen LogP contribution in [0.3, 0.4) is 0 Å². The van der Waals surface area contributed by atoms with Crippen molar-refractivity contribution in [2.75, 3.05) is 12.0 Å². The second-order valence-electron chi connectivity index (χ2n) is 6.22. The number of nitrogens with zero attached hydrogens (tertiary/aromatic N) is 5. The molecule has 4 aromatic rings. The molecular formula is C21H14Cl2N6OS. The Balaban J connectivity index is 1.87. The quantitative estimate of drug-likeness (QED) is 0.379. The summed E-state index contributed by atoms with van der Waals surface area (Å²) < 4.78 is 7.32. The predicted molar refractivity (Wildman–Crippen MR) is 122 cm³/mol. The zero-order valence-corrected chi connectivity index (χ0v) is 18.4. The van der Waals surface area contributed by atoms with E-state index >= 15 is 0 Å². The number of nitriles is 1. The van der Waals surface area contributed by atoms with E-state index in [1.807, 2.05) is 36.6 Å². The smallest absolute Gasteiger partial charge is 0.225 e. The van der Waals surface area contributed by atoms with Crippen molar-refractivity contribution in [2.45, 2.75) is 5.03 Å². The van der Waals surface area contributed by atoms with Gasteiger partial charge in [-0.05, 0) is 24.5 Å². The van der Waals surface area contributed by atoms with Crippen molar-refractivity contribution in [1.82, 2.24) is 19.7 Å². The van der Waals surface area contributed by atoms with E-state index < -0.39 is 0 Å². The van der Waals surface area contributed by atoms with Gasteiger partial charge in [0.1, 0.15) is 28.2 Å². The maximum Gasteiger partial charge on any atom is 0.225 e. The van der Waals surface area contributed by atoms with Gasteiger partial charge < -0.3 is 10.5 Å². The molecule has 0 saturated carbocycles. The monoisotopic (exact) mass is 468 g/mol. The Kier molecular flexibility index (Phi) is 6.00. The number of nitrogens with two attached hydrogens (primary N) is 1. The van der Waals surface area contributed by atoms with Gasteiger partial charge in [-0.2, -0.15) is 20.0 Å². The standard InChI is InChI=1S/C21H14Cl2N6OS/c1-31-21-14(11-24)19(25)29(28-21)17-10-18(30-16-8-7-13(22)9-15(16)23)27-20(26-17)12-5-3-2-4-6-12/h2-10H,25H2,1H3. The number of thioether (sulfide) groups is 1. The molecule has 0 aliphatic rings. The fourth-order valence-corrected chi connectivity index (χ4v) is 3.76. The third-order valence-corrected chi connectivity index (χ3v) is 5.44. The highest BCUT2D eigenvalue weighted by Gasteiger charge is 2.19. The Bertz CT molecular complexity index is 1300. The van der Waals surface area contributed by atoms with Gasteiger partial charge in [0.15, 0.2) is 11.6 Å². The predicted octanol–water partition coefficient (Wildman–Crippen LogP) is 5.60. The first-order chi connectivity index (χ1) is 15.0. The fraction of sp³-hybridized carbons (Fsp3) is 0.0476. The van der Waals surface area contributed by atoms with Crippen molar-refractivity contribution in [3.8, 4) is 34.9 Å². The SMILES string of the molecule is CSc1nn(-c2cc(Oc3ccc(Cl)cc3Cl)nc(-c3ccccc3)n2)c(N)c1C#N. The van der Waals surface area contributed by atoms with E-state index in [9.17, 15) is 5.26 Å². The molecule has 7 nitrogen and oxygen atoms in total. The molecule has 0 fully saturated rings. The van der Waals surface area contributed by atoms with E-state index in [2.05, 4.69) is 21.1 Å². The molecule has 10 heteroatoms. The normalized spacial score (nSPS) is 10.6. The number of aromatic nitrogens is 4. The van der Waals surface area contributed by atoms with Crippen LogP contribution in [0.4, 0.5) is 5.82 Å². The molecule has 31 heavy (non-hydrogen) atoms. The van der Waals surface area contributed by atoms with Gasteiger partial charge in [0.05, 0.1) is 5.02 Å². The van der Waals surface area contributed by atoms with Crippen molar-refractivity contribution >= 4 is 40.8 Å². The van der Waals surface area contributed by atoms with Gasteiger partial charge in [-0.25, -0.2) is 4.98 Å². The molecule has 0 aliphatic heterocycles. The summed E-state index contributed by atoms with van der Waals surface area (Å²) in [5, 5.41) is 15.2. The van der Waals surface area contributed by atoms with Crippen molar-refractivity contribution in [2.24, 2.45) is 0 Å². The Morgan fingerprint density at radius 3 is 2.52 bits per heavy atom. The lowest BCUT2D eigenvalue weighted by Crippen LogP contribution is -2.07. The van der Waals surface area contributed by atoms with Gasteiger partial charge in [0.25, 0.3) is 0 Å². The summed E-state index contributed by atoms with van der Waals surface area (Å²) in [7, 11) is 0. The molecule has 0 bridgehead atoms. The van der Waals surface area contributed by atoms with E-state index in [4.69, 9.17) is 33.7 Å². The summed E-state index contributed by atoms with van der Waals surface area (Å²) in [5.74, 6) is 1.54. The lowest BCUT2D eigenvalue weighted by molar-refractivity contribution is 0.462. The Labute approximate surface area is 192 Å². The van der Waals surface area contributed by atoms with Crippen LogP contribution in [0.25, 0.3) is 17.2 Å². The summed E-state index contributed by atoms with van der Waals surface area (Å²) in [4.78, 5) is 9.10. The summed E-state index contributed by atoms with van der Waals surface area (Å²) in [6.45, 7) is 0. The topological polar surface area (TPSA) is 103 Å². The highest BCUT2D eigenvalue weighted by Crippen LogP contribution is 2.33. The van der Waals surface area contributed by atoms with Gasteiger partial charge >= 0.3 is 0 Å². The summed E-state index contributed by atoms with van der Waals surface area (Å²) in [6, 6.07) is 18.0. The van der Waals surface area contributed by atoms with Crippen LogP contribution in [-0.2, 0) is 0 Å². The molecule has 154 valence electrons. The number of anilines is 1. The van der Waals surface area contributed by atoms with Gasteiger partial charge in [-0.15, -0.1) is 11.8 Å². The molecule has 0 amide bonds. The summed E-state index contributed by atoms with van der Waals surface area (Å²) >= 11 is 13.5. The molecule has 2 heterocycles. The fourth-order valence-electron chi connectivity index (χ4n) is 2.79. The zero-order valence-electron chi connectivity index (χ0n) is 16.1. The second kappa shape index (κ2) is 8.86. The zero-order chi connectivity index (χ0) is 22.0. The molecule has 4 rings (SSSR count). The number of nitrogen functional groups attached to an aromatic ring is 1. The average Bonchev–Trinajstić information content (AvgIpc) is 3.11. The highest BCUT2D eigenvalue weighted by atomic mass is 35.5. The molecule has 2 N–H and O–H groups in total. The van der Waals surface area contributed by atoms with Crippen LogP contribution in [0.5, 0.6) is 11.6 Å². The molecule has 2 aromatic heterocycles. The van der Waals surface area contributed by atoms with Gasteiger partial charge in [-0.3, -0.25) is 0 Å². The van der Waals surface area contributed by atoms with Crippen LogP contribution >= 0.6 is 35.0 Å². The van der Waals surface area contributed by atoms with E-state index in [0.29, 0.717) is 32.5 Å².